The molecule has 0 aliphatic rings. The second-order valence-electron chi connectivity index (χ2n) is 7.45. The van der Waals surface area contributed by atoms with Crippen molar-refractivity contribution in [3.63, 3.8) is 0 Å². The highest BCUT2D eigenvalue weighted by Crippen LogP contribution is 2.21. The predicted molar refractivity (Wildman–Crippen MR) is 116 cm³/mol. The van der Waals surface area contributed by atoms with Crippen molar-refractivity contribution in [2.45, 2.75) is 76.3 Å². The van der Waals surface area contributed by atoms with Crippen LogP contribution in [0.3, 0.4) is 0 Å². The fourth-order valence-corrected chi connectivity index (χ4v) is 3.54. The minimum absolute atomic E-state index is 0.267. The molecule has 0 spiro atoms. The predicted octanol–water partition coefficient (Wildman–Crippen LogP) is 5.24. The Labute approximate surface area is 175 Å². The molecule has 0 N–H and O–H groups in total. The number of hydrogen-bond donors (Lipinski definition) is 0. The highest BCUT2D eigenvalue weighted by atomic mass is 32.2. The van der Waals surface area contributed by atoms with Gasteiger partial charge in [-0.15, -0.1) is 5.10 Å². The van der Waals surface area contributed by atoms with Crippen molar-refractivity contribution in [2.75, 3.05) is 12.9 Å². The summed E-state index contributed by atoms with van der Waals surface area (Å²) in [4.78, 5) is 4.07. The van der Waals surface area contributed by atoms with Crippen LogP contribution in [0, 0.1) is 0 Å². The van der Waals surface area contributed by atoms with Gasteiger partial charge in [-0.2, -0.15) is 5.10 Å². The van der Waals surface area contributed by atoms with Crippen molar-refractivity contribution < 1.29 is 13.2 Å². The molecular formula is C22H33N3O3S. The van der Waals surface area contributed by atoms with Crippen LogP contribution in [0.2, 0.25) is 0 Å². The summed E-state index contributed by atoms with van der Waals surface area (Å²) in [5.74, 6) is 0.801. The van der Waals surface area contributed by atoms with E-state index in [0.29, 0.717) is 12.3 Å². The third-order valence-corrected chi connectivity index (χ3v) is 5.62. The quantitative estimate of drug-likeness (QED) is 0.389. The second kappa shape index (κ2) is 12.5. The molecule has 2 rings (SSSR count). The molecule has 0 atom stereocenters. The van der Waals surface area contributed by atoms with E-state index < -0.39 is 9.84 Å². The minimum Gasteiger partial charge on any atom is -0.494 e. The Bertz CT molecular complexity index is 823. The first-order chi connectivity index (χ1) is 14.0. The summed E-state index contributed by atoms with van der Waals surface area (Å²) < 4.78 is 28.9. The molecule has 29 heavy (non-hydrogen) atoms. The normalized spacial score (nSPS) is 11.5. The van der Waals surface area contributed by atoms with E-state index in [1.54, 1.807) is 0 Å². The van der Waals surface area contributed by atoms with Crippen LogP contribution in [0.15, 0.2) is 35.6 Å². The molecule has 0 saturated heterocycles. The van der Waals surface area contributed by atoms with Gasteiger partial charge in [-0.05, 0) is 30.7 Å². The van der Waals surface area contributed by atoms with E-state index in [-0.39, 0.29) is 5.16 Å². The maximum atomic E-state index is 11.6. The van der Waals surface area contributed by atoms with Gasteiger partial charge in [0.2, 0.25) is 9.84 Å². The molecule has 0 unspecified atom stereocenters. The molecule has 0 amide bonds. The Morgan fingerprint density at radius 1 is 0.862 bits per heavy atom. The Balaban J connectivity index is 1.66. The first-order valence-corrected chi connectivity index (χ1v) is 12.5. The van der Waals surface area contributed by atoms with Gasteiger partial charge in [0.15, 0.2) is 0 Å². The van der Waals surface area contributed by atoms with Gasteiger partial charge in [-0.25, -0.2) is 13.4 Å². The SMILES string of the molecule is CCCCCCCCCCCCOc1ccc(-c2cnnc(S(C)(=O)=O)n2)cc1. The van der Waals surface area contributed by atoms with Crippen molar-refractivity contribution >= 4 is 9.84 Å². The summed E-state index contributed by atoms with van der Waals surface area (Å²) in [6.07, 6.45) is 15.6. The van der Waals surface area contributed by atoms with Gasteiger partial charge in [0.25, 0.3) is 5.16 Å². The van der Waals surface area contributed by atoms with Crippen LogP contribution in [0.5, 0.6) is 5.75 Å². The molecule has 0 radical (unpaired) electrons. The summed E-state index contributed by atoms with van der Waals surface area (Å²) >= 11 is 0. The molecule has 0 fully saturated rings. The summed E-state index contributed by atoms with van der Waals surface area (Å²) in [5, 5.41) is 7.04. The van der Waals surface area contributed by atoms with E-state index >= 15 is 0 Å². The fourth-order valence-electron chi connectivity index (χ4n) is 3.08. The average Bonchev–Trinajstić information content (AvgIpc) is 2.72. The van der Waals surface area contributed by atoms with Gasteiger partial charge in [0.1, 0.15) is 5.75 Å². The molecule has 160 valence electrons. The van der Waals surface area contributed by atoms with Gasteiger partial charge >= 0.3 is 0 Å². The van der Waals surface area contributed by atoms with Gasteiger partial charge in [0.05, 0.1) is 18.5 Å². The molecule has 1 heterocycles. The van der Waals surface area contributed by atoms with Crippen molar-refractivity contribution in [1.29, 1.82) is 0 Å². The summed E-state index contributed by atoms with van der Waals surface area (Å²) in [5.41, 5.74) is 1.25. The van der Waals surface area contributed by atoms with Crippen molar-refractivity contribution in [3.05, 3.63) is 30.5 Å². The molecule has 2 aromatic rings. The number of ether oxygens (including phenoxy) is 1. The number of benzene rings is 1. The fraction of sp³-hybridized carbons (Fsp3) is 0.591. The molecule has 0 bridgehead atoms. The highest BCUT2D eigenvalue weighted by Gasteiger charge is 2.13. The lowest BCUT2D eigenvalue weighted by Gasteiger charge is -2.07. The number of hydrogen-bond acceptors (Lipinski definition) is 6. The van der Waals surface area contributed by atoms with E-state index in [2.05, 4.69) is 22.1 Å². The van der Waals surface area contributed by atoms with Gasteiger partial charge in [0, 0.05) is 11.8 Å². The third kappa shape index (κ3) is 8.90. The molecular weight excluding hydrogens is 386 g/mol. The van der Waals surface area contributed by atoms with Crippen molar-refractivity contribution in [1.82, 2.24) is 15.2 Å². The molecule has 1 aromatic heterocycles. The lowest BCUT2D eigenvalue weighted by Crippen LogP contribution is -2.06. The summed E-state index contributed by atoms with van der Waals surface area (Å²) in [6, 6.07) is 7.44. The Morgan fingerprint density at radius 3 is 2.03 bits per heavy atom. The zero-order valence-electron chi connectivity index (χ0n) is 17.6. The number of unbranched alkanes of at least 4 members (excludes halogenated alkanes) is 9. The number of rotatable bonds is 14. The number of aromatic nitrogens is 3. The average molecular weight is 420 g/mol. The van der Waals surface area contributed by atoms with Gasteiger partial charge in [-0.3, -0.25) is 0 Å². The molecule has 0 aliphatic heterocycles. The zero-order valence-corrected chi connectivity index (χ0v) is 18.5. The zero-order chi connectivity index (χ0) is 21.0. The van der Waals surface area contributed by atoms with E-state index in [9.17, 15) is 8.42 Å². The smallest absolute Gasteiger partial charge is 0.267 e. The molecule has 7 heteroatoms. The Kier molecular flexibility index (Phi) is 10.0. The van der Waals surface area contributed by atoms with E-state index in [1.807, 2.05) is 24.3 Å². The summed E-state index contributed by atoms with van der Waals surface area (Å²) in [6.45, 7) is 2.96. The van der Waals surface area contributed by atoms with Gasteiger partial charge in [-0.1, -0.05) is 64.7 Å². The standard InChI is InChI=1S/C22H33N3O3S/c1-3-4-5-6-7-8-9-10-11-12-17-28-20-15-13-19(14-16-20)21-18-23-25-22(24-21)29(2,26)27/h13-16,18H,3-12,17H2,1-2H3. The molecule has 0 saturated carbocycles. The molecule has 1 aromatic carbocycles. The Hall–Kier alpha value is -2.02. The van der Waals surface area contributed by atoms with Crippen LogP contribution >= 0.6 is 0 Å². The van der Waals surface area contributed by atoms with E-state index in [0.717, 1.165) is 24.0 Å². The maximum Gasteiger partial charge on any atom is 0.267 e. The molecule has 6 nitrogen and oxygen atoms in total. The lowest BCUT2D eigenvalue weighted by molar-refractivity contribution is 0.304. The van der Waals surface area contributed by atoms with Crippen LogP contribution < -0.4 is 4.74 Å². The highest BCUT2D eigenvalue weighted by molar-refractivity contribution is 7.90. The topological polar surface area (TPSA) is 82.0 Å². The van der Waals surface area contributed by atoms with Gasteiger partial charge < -0.3 is 4.74 Å². The van der Waals surface area contributed by atoms with Crippen molar-refractivity contribution in [3.8, 4) is 17.0 Å². The maximum absolute atomic E-state index is 11.6. The van der Waals surface area contributed by atoms with Crippen LogP contribution in [-0.2, 0) is 9.84 Å². The third-order valence-electron chi connectivity index (χ3n) is 4.79. The van der Waals surface area contributed by atoms with Crippen LogP contribution in [-0.4, -0.2) is 36.5 Å². The monoisotopic (exact) mass is 419 g/mol. The first-order valence-electron chi connectivity index (χ1n) is 10.6. The second-order valence-corrected chi connectivity index (χ2v) is 9.36. The number of sulfone groups is 1. The van der Waals surface area contributed by atoms with Crippen LogP contribution in [0.4, 0.5) is 0 Å². The van der Waals surface area contributed by atoms with Crippen molar-refractivity contribution in [2.24, 2.45) is 0 Å². The first kappa shape index (κ1) is 23.3. The van der Waals surface area contributed by atoms with E-state index in [4.69, 9.17) is 4.74 Å². The summed E-state index contributed by atoms with van der Waals surface area (Å²) in [7, 11) is -3.48. The number of nitrogens with zero attached hydrogens (tertiary/aromatic N) is 3. The minimum atomic E-state index is -3.48. The largest absolute Gasteiger partial charge is 0.494 e. The lowest BCUT2D eigenvalue weighted by atomic mass is 10.1. The van der Waals surface area contributed by atoms with E-state index in [1.165, 1.54) is 64.0 Å². The van der Waals surface area contributed by atoms with Crippen LogP contribution in [0.1, 0.15) is 71.1 Å². The van der Waals surface area contributed by atoms with Crippen LogP contribution in [0.25, 0.3) is 11.3 Å². The Morgan fingerprint density at radius 2 is 1.45 bits per heavy atom. The molecule has 0 aliphatic carbocycles.